The van der Waals surface area contributed by atoms with Crippen LogP contribution in [0.15, 0.2) is 414 Å². The number of thiophene rings is 1. The number of nitrogens with zero attached hydrogens (tertiary/aromatic N) is 2. The molecule has 560 valence electrons. The molecule has 0 atom stereocenters. The summed E-state index contributed by atoms with van der Waals surface area (Å²) in [6.45, 7) is 0. The summed E-state index contributed by atoms with van der Waals surface area (Å²) >= 11 is 1.89. The molecule has 1 aliphatic rings. The minimum atomic E-state index is -0.438. The molecule has 0 unspecified atom stereocenters. The van der Waals surface area contributed by atoms with Crippen molar-refractivity contribution in [1.82, 2.24) is 8.97 Å². The summed E-state index contributed by atoms with van der Waals surface area (Å²) in [4.78, 5) is 0. The molecule has 0 saturated heterocycles. The first kappa shape index (κ1) is 66.5. The number of rotatable bonds is 4. The van der Waals surface area contributed by atoms with Crippen molar-refractivity contribution in [2.75, 3.05) is 0 Å². The Morgan fingerprint density at radius 3 is 1.36 bits per heavy atom. The molecule has 0 amide bonds. The van der Waals surface area contributed by atoms with Crippen LogP contribution in [0.25, 0.3) is 238 Å². The molecule has 6 heteroatoms. The van der Waals surface area contributed by atoms with Crippen molar-refractivity contribution >= 4 is 222 Å². The number of benzene rings is 21. The molecule has 7 heterocycles. The van der Waals surface area contributed by atoms with Crippen LogP contribution >= 0.6 is 11.3 Å². The van der Waals surface area contributed by atoms with Gasteiger partial charge in [0.05, 0.1) is 33.0 Å². The quantitative estimate of drug-likeness (QED) is 0.165. The maximum Gasteiger partial charge on any atom is 0.144 e. The Kier molecular flexibility index (Phi) is 13.9. The molecular weight excluding hydrogens is 1490 g/mol. The van der Waals surface area contributed by atoms with E-state index in [-0.39, 0.29) is 0 Å². The van der Waals surface area contributed by atoms with Crippen molar-refractivity contribution in [3.63, 3.8) is 0 Å². The fourth-order valence-electron chi connectivity index (χ4n) is 21.8. The van der Waals surface area contributed by atoms with Crippen LogP contribution in [0.1, 0.15) is 22.3 Å². The number of hydrogen-bond donors (Lipinski definition) is 0. The molecule has 0 N–H and O–H groups in total. The zero-order chi connectivity index (χ0) is 78.9. The molecule has 0 fully saturated rings. The highest BCUT2D eigenvalue weighted by Crippen LogP contribution is 2.60. The Morgan fingerprint density at radius 1 is 0.231 bits per heavy atom. The van der Waals surface area contributed by atoms with Crippen LogP contribution in [0.3, 0.4) is 0 Å². The third-order valence-corrected chi connectivity index (χ3v) is 27.8. The third kappa shape index (κ3) is 9.07. The molecule has 0 aliphatic heterocycles. The van der Waals surface area contributed by atoms with Gasteiger partial charge in [0.15, 0.2) is 0 Å². The van der Waals surface area contributed by atoms with E-state index in [4.69, 9.17) is 13.3 Å². The lowest BCUT2D eigenvalue weighted by Crippen LogP contribution is -2.28. The molecule has 5 nitrogen and oxygen atoms in total. The summed E-state index contributed by atoms with van der Waals surface area (Å²) in [6.07, 6.45) is 0. The minimum absolute atomic E-state index is 0.438. The number of fused-ring (bicyclic) bond motifs is 42. The topological polar surface area (TPSA) is 48.8 Å². The molecule has 28 aromatic rings. The predicted molar refractivity (Wildman–Crippen MR) is 511 cm³/mol. The first-order chi connectivity index (χ1) is 60.1. The largest absolute Gasteiger partial charge is 0.455 e. The standard InChI is InChI=1S/C44H24N2O.C39H24O.C32H18OS/c1-2-12-28-26(10-1)29-21-23-38-41(42(29)44-40(28)33-14-5-8-19-39(33)47-44)32-13-4-7-18-36(32)45(38)25-20-22-37-34(24-25)31-16-9-15-30-27-11-3-6-17-35(27)46(37)43(30)31;1-3-13-25(14-4-1)39(26-15-5-2-6-16-26)32-21-11-9-19-30(32)36-33(39)24-23-29-27-17-7-8-18-28(27)35-31-20-10-12-22-34(31)40-38(35)37(29)36;1-2-10-19(11-3-1)24-18-25-20-12-4-5-13-21(20)31-29(22-14-6-8-16-26(22)33-31)28(25)30-23-15-7-9-17-27(23)34-32(24)30/h1-24H;1-24H;1-18H. The maximum absolute atomic E-state index is 6.79. The second kappa shape index (κ2) is 25.2. The van der Waals surface area contributed by atoms with Crippen molar-refractivity contribution in [2.24, 2.45) is 0 Å². The summed E-state index contributed by atoms with van der Waals surface area (Å²) in [5.41, 5.74) is 22.8. The van der Waals surface area contributed by atoms with Crippen LogP contribution in [0.4, 0.5) is 0 Å². The monoisotopic (exact) mass is 1550 g/mol. The highest BCUT2D eigenvalue weighted by molar-refractivity contribution is 7.26. The normalized spacial score (nSPS) is 12.9. The smallest absolute Gasteiger partial charge is 0.144 e. The molecule has 0 spiro atoms. The molecule has 121 heavy (non-hydrogen) atoms. The SMILES string of the molecule is c1ccc(-c2cc3c4ccccc4c4oc5ccccc5c4c3c3c2sc2ccccc23)cc1.c1ccc(C2(c3ccccc3)c3ccccc3-c3c2ccc2c4ccccc4c4c5ccccc5oc4c32)cc1.c1ccc2c(c1)oc1c2c2ccccc2c2ccc3c(c4ccccc4n3-c3ccc4c(c3)c3cccc5c6ccccc6n4c53)c21. The van der Waals surface area contributed by atoms with Gasteiger partial charge in [-0.05, 0) is 149 Å². The number of para-hydroxylation sites is 6. The average molecular weight is 1560 g/mol. The van der Waals surface area contributed by atoms with E-state index in [2.05, 4.69) is 409 Å². The van der Waals surface area contributed by atoms with E-state index in [9.17, 15) is 0 Å². The fraction of sp³-hybridized carbons (Fsp3) is 0.00870. The lowest BCUT2D eigenvalue weighted by Gasteiger charge is -2.34. The van der Waals surface area contributed by atoms with Gasteiger partial charge in [-0.2, -0.15) is 0 Å². The van der Waals surface area contributed by atoms with Gasteiger partial charge in [0.25, 0.3) is 0 Å². The van der Waals surface area contributed by atoms with Crippen LogP contribution < -0.4 is 0 Å². The summed E-state index contributed by atoms with van der Waals surface area (Å²) in [5.74, 6) is 0. The second-order valence-electron chi connectivity index (χ2n) is 32.5. The Labute approximate surface area is 695 Å². The van der Waals surface area contributed by atoms with E-state index in [0.717, 1.165) is 50.0 Å². The lowest BCUT2D eigenvalue weighted by molar-refractivity contribution is 0.672. The summed E-state index contributed by atoms with van der Waals surface area (Å²) in [5, 5.41) is 32.1. The third-order valence-electron chi connectivity index (χ3n) is 26.6. The highest BCUT2D eigenvalue weighted by atomic mass is 32.1. The van der Waals surface area contributed by atoms with Crippen molar-refractivity contribution in [1.29, 1.82) is 0 Å². The van der Waals surface area contributed by atoms with Gasteiger partial charge in [-0.15, -0.1) is 11.3 Å². The summed E-state index contributed by atoms with van der Waals surface area (Å²) in [6, 6.07) is 145. The van der Waals surface area contributed by atoms with Gasteiger partial charge in [-0.25, -0.2) is 0 Å². The highest BCUT2D eigenvalue weighted by Gasteiger charge is 2.47. The Hall–Kier alpha value is -15.6. The van der Waals surface area contributed by atoms with E-state index in [1.54, 1.807) is 0 Å². The van der Waals surface area contributed by atoms with E-state index in [1.165, 1.54) is 211 Å². The van der Waals surface area contributed by atoms with Crippen LogP contribution in [0, 0.1) is 0 Å². The number of aromatic nitrogens is 2. The molecular formula is C115H66N2O3S. The van der Waals surface area contributed by atoms with E-state index >= 15 is 0 Å². The van der Waals surface area contributed by atoms with Crippen molar-refractivity contribution in [2.45, 2.75) is 5.41 Å². The Morgan fingerprint density at radius 2 is 0.686 bits per heavy atom. The Bertz CT molecular complexity index is 9260. The number of hydrogen-bond acceptors (Lipinski definition) is 4. The van der Waals surface area contributed by atoms with E-state index < -0.39 is 5.41 Å². The van der Waals surface area contributed by atoms with E-state index in [1.807, 2.05) is 11.3 Å². The summed E-state index contributed by atoms with van der Waals surface area (Å²) < 4.78 is 27.7. The predicted octanol–water partition coefficient (Wildman–Crippen LogP) is 32.3. The summed E-state index contributed by atoms with van der Waals surface area (Å²) in [7, 11) is 0. The molecule has 0 bridgehead atoms. The van der Waals surface area contributed by atoms with Gasteiger partial charge in [-0.3, -0.25) is 0 Å². The first-order valence-electron chi connectivity index (χ1n) is 41.6. The Balaban J connectivity index is 0.0000000970. The molecule has 29 rings (SSSR count). The van der Waals surface area contributed by atoms with Gasteiger partial charge in [0, 0.05) is 118 Å². The maximum atomic E-state index is 6.79. The number of furan rings is 3. The average Bonchev–Trinajstić information content (AvgIpc) is 1.52. The lowest BCUT2D eigenvalue weighted by atomic mass is 9.67. The van der Waals surface area contributed by atoms with Crippen LogP contribution in [-0.2, 0) is 5.41 Å². The fourth-order valence-corrected chi connectivity index (χ4v) is 23.1. The first-order valence-corrected chi connectivity index (χ1v) is 42.4. The van der Waals surface area contributed by atoms with Crippen LogP contribution in [-0.4, -0.2) is 8.97 Å². The van der Waals surface area contributed by atoms with Crippen molar-refractivity contribution in [3.05, 3.63) is 423 Å². The van der Waals surface area contributed by atoms with Gasteiger partial charge >= 0.3 is 0 Å². The van der Waals surface area contributed by atoms with Gasteiger partial charge in [0.2, 0.25) is 0 Å². The minimum Gasteiger partial charge on any atom is -0.455 e. The van der Waals surface area contributed by atoms with Gasteiger partial charge in [-0.1, -0.05) is 334 Å². The van der Waals surface area contributed by atoms with Crippen molar-refractivity contribution in [3.8, 4) is 27.9 Å². The van der Waals surface area contributed by atoms with Crippen LogP contribution in [0.5, 0.6) is 0 Å². The molecule has 21 aromatic carbocycles. The second-order valence-corrected chi connectivity index (χ2v) is 33.5. The molecule has 7 aromatic heterocycles. The zero-order valence-electron chi connectivity index (χ0n) is 65.1. The molecule has 1 aliphatic carbocycles. The van der Waals surface area contributed by atoms with Gasteiger partial charge < -0.3 is 22.2 Å². The molecule has 0 radical (unpaired) electrons. The van der Waals surface area contributed by atoms with Gasteiger partial charge in [0.1, 0.15) is 33.5 Å². The van der Waals surface area contributed by atoms with E-state index in [0.29, 0.717) is 0 Å². The van der Waals surface area contributed by atoms with Crippen molar-refractivity contribution < 1.29 is 13.3 Å². The zero-order valence-corrected chi connectivity index (χ0v) is 65.9. The molecule has 0 saturated carbocycles. The van der Waals surface area contributed by atoms with Crippen LogP contribution in [0.2, 0.25) is 0 Å².